The smallest absolute Gasteiger partial charge is 0.150 e. The average molecular weight is 267 g/mol. The molecule has 102 valence electrons. The lowest BCUT2D eigenvalue weighted by Gasteiger charge is -2.18. The summed E-state index contributed by atoms with van der Waals surface area (Å²) < 4.78 is 0. The molecular formula is C15H17N5. The first kappa shape index (κ1) is 13.8. The van der Waals surface area contributed by atoms with Crippen molar-refractivity contribution >= 4 is 11.5 Å². The molecule has 1 N–H and O–H groups in total. The molecule has 2 rings (SSSR count). The van der Waals surface area contributed by atoms with Crippen molar-refractivity contribution in [2.45, 2.75) is 13.5 Å². The van der Waals surface area contributed by atoms with Gasteiger partial charge in [0.15, 0.2) is 0 Å². The Labute approximate surface area is 118 Å². The van der Waals surface area contributed by atoms with Crippen molar-refractivity contribution in [3.63, 3.8) is 0 Å². The quantitative estimate of drug-likeness (QED) is 0.921. The van der Waals surface area contributed by atoms with Gasteiger partial charge in [0, 0.05) is 31.5 Å². The van der Waals surface area contributed by atoms with E-state index in [1.807, 2.05) is 51.4 Å². The standard InChI is InChI=1S/C15H17N5/c1-11-8-14(17-2)19-15(18-11)10-20(3)13-6-4-12(9-16)5-7-13/h4-8H,10H2,1-3H3,(H,17,18,19). The van der Waals surface area contributed by atoms with Gasteiger partial charge in [-0.05, 0) is 31.2 Å². The number of benzene rings is 1. The summed E-state index contributed by atoms with van der Waals surface area (Å²) >= 11 is 0. The van der Waals surface area contributed by atoms with E-state index in [0.717, 1.165) is 23.0 Å². The minimum Gasteiger partial charge on any atom is -0.373 e. The van der Waals surface area contributed by atoms with Gasteiger partial charge in [-0.15, -0.1) is 0 Å². The van der Waals surface area contributed by atoms with Crippen molar-refractivity contribution in [2.75, 3.05) is 24.3 Å². The predicted molar refractivity (Wildman–Crippen MR) is 79.6 cm³/mol. The molecule has 1 aromatic heterocycles. The summed E-state index contributed by atoms with van der Waals surface area (Å²) in [7, 11) is 3.82. The van der Waals surface area contributed by atoms with E-state index in [4.69, 9.17) is 5.26 Å². The van der Waals surface area contributed by atoms with Crippen LogP contribution in [0.25, 0.3) is 0 Å². The third-order valence-electron chi connectivity index (χ3n) is 2.97. The maximum atomic E-state index is 8.80. The molecule has 1 aromatic carbocycles. The molecule has 0 unspecified atom stereocenters. The fraction of sp³-hybridized carbons (Fsp3) is 0.267. The summed E-state index contributed by atoms with van der Waals surface area (Å²) in [6, 6.07) is 11.5. The molecular weight excluding hydrogens is 250 g/mol. The third-order valence-corrected chi connectivity index (χ3v) is 2.97. The van der Waals surface area contributed by atoms with Crippen molar-refractivity contribution in [3.8, 4) is 6.07 Å². The molecule has 0 fully saturated rings. The van der Waals surface area contributed by atoms with Gasteiger partial charge in [0.05, 0.1) is 18.2 Å². The molecule has 2 aromatic rings. The summed E-state index contributed by atoms with van der Waals surface area (Å²) in [5.74, 6) is 1.59. The number of nitrogens with zero attached hydrogens (tertiary/aromatic N) is 4. The molecule has 0 spiro atoms. The normalized spacial score (nSPS) is 9.90. The van der Waals surface area contributed by atoms with Crippen LogP contribution >= 0.6 is 0 Å². The van der Waals surface area contributed by atoms with Gasteiger partial charge in [0.25, 0.3) is 0 Å². The summed E-state index contributed by atoms with van der Waals surface area (Å²) in [4.78, 5) is 10.9. The Balaban J connectivity index is 2.16. The van der Waals surface area contributed by atoms with Crippen LogP contribution in [-0.2, 0) is 6.54 Å². The van der Waals surface area contributed by atoms with Gasteiger partial charge in [-0.2, -0.15) is 5.26 Å². The van der Waals surface area contributed by atoms with Crippen LogP contribution in [0.1, 0.15) is 17.1 Å². The Kier molecular flexibility index (Phi) is 4.16. The summed E-state index contributed by atoms with van der Waals surface area (Å²) in [6.45, 7) is 2.57. The number of nitrogens with one attached hydrogen (secondary N) is 1. The highest BCUT2D eigenvalue weighted by Crippen LogP contribution is 2.16. The van der Waals surface area contributed by atoms with Crippen LogP contribution in [0.3, 0.4) is 0 Å². The molecule has 0 bridgehead atoms. The molecule has 5 nitrogen and oxygen atoms in total. The van der Waals surface area contributed by atoms with Crippen LogP contribution in [0.15, 0.2) is 30.3 Å². The van der Waals surface area contributed by atoms with Gasteiger partial charge >= 0.3 is 0 Å². The van der Waals surface area contributed by atoms with Crippen molar-refractivity contribution in [1.82, 2.24) is 9.97 Å². The minimum absolute atomic E-state index is 0.613. The zero-order valence-corrected chi connectivity index (χ0v) is 11.9. The average Bonchev–Trinajstić information content (AvgIpc) is 2.46. The Morgan fingerprint density at radius 1 is 1.25 bits per heavy atom. The summed E-state index contributed by atoms with van der Waals surface area (Å²) in [6.07, 6.45) is 0. The van der Waals surface area contributed by atoms with E-state index in [2.05, 4.69) is 26.3 Å². The number of rotatable bonds is 4. The van der Waals surface area contributed by atoms with E-state index >= 15 is 0 Å². The van der Waals surface area contributed by atoms with E-state index in [1.165, 1.54) is 0 Å². The van der Waals surface area contributed by atoms with Crippen LogP contribution < -0.4 is 10.2 Å². The molecule has 0 aliphatic carbocycles. The Hall–Kier alpha value is -2.61. The number of aromatic nitrogens is 2. The van der Waals surface area contributed by atoms with Gasteiger partial charge in [-0.3, -0.25) is 0 Å². The molecule has 0 atom stereocenters. The van der Waals surface area contributed by atoms with Crippen LogP contribution in [-0.4, -0.2) is 24.1 Å². The van der Waals surface area contributed by atoms with E-state index in [9.17, 15) is 0 Å². The van der Waals surface area contributed by atoms with Crippen LogP contribution in [0.2, 0.25) is 0 Å². The molecule has 0 aliphatic heterocycles. The van der Waals surface area contributed by atoms with E-state index in [0.29, 0.717) is 12.1 Å². The number of aryl methyl sites for hydroxylation is 1. The monoisotopic (exact) mass is 267 g/mol. The molecule has 0 radical (unpaired) electrons. The van der Waals surface area contributed by atoms with Crippen LogP contribution in [0, 0.1) is 18.3 Å². The van der Waals surface area contributed by atoms with Crippen molar-refractivity contribution in [2.24, 2.45) is 0 Å². The predicted octanol–water partition coefficient (Wildman–Crippen LogP) is 2.33. The maximum absolute atomic E-state index is 8.80. The molecule has 5 heteroatoms. The first-order chi connectivity index (χ1) is 9.62. The van der Waals surface area contributed by atoms with Crippen LogP contribution in [0.5, 0.6) is 0 Å². The van der Waals surface area contributed by atoms with E-state index in [1.54, 1.807) is 0 Å². The van der Waals surface area contributed by atoms with Gasteiger partial charge in [0.2, 0.25) is 0 Å². The summed E-state index contributed by atoms with van der Waals surface area (Å²) in [5, 5.41) is 11.8. The topological polar surface area (TPSA) is 64.8 Å². The fourth-order valence-corrected chi connectivity index (χ4v) is 1.92. The number of anilines is 2. The van der Waals surface area contributed by atoms with Crippen molar-refractivity contribution in [3.05, 3.63) is 47.4 Å². The molecule has 0 aliphatic rings. The van der Waals surface area contributed by atoms with Crippen molar-refractivity contribution in [1.29, 1.82) is 5.26 Å². The SMILES string of the molecule is CNc1cc(C)nc(CN(C)c2ccc(C#N)cc2)n1. The second-order valence-corrected chi connectivity index (χ2v) is 4.58. The Morgan fingerprint density at radius 3 is 2.55 bits per heavy atom. The Morgan fingerprint density at radius 2 is 1.95 bits per heavy atom. The minimum atomic E-state index is 0.613. The summed E-state index contributed by atoms with van der Waals surface area (Å²) in [5.41, 5.74) is 2.62. The first-order valence-corrected chi connectivity index (χ1v) is 6.36. The lowest BCUT2D eigenvalue weighted by Crippen LogP contribution is -2.18. The highest BCUT2D eigenvalue weighted by atomic mass is 15.1. The molecule has 1 heterocycles. The zero-order chi connectivity index (χ0) is 14.5. The highest BCUT2D eigenvalue weighted by molar-refractivity contribution is 5.49. The highest BCUT2D eigenvalue weighted by Gasteiger charge is 2.06. The Bertz CT molecular complexity index is 628. The van der Waals surface area contributed by atoms with E-state index < -0.39 is 0 Å². The van der Waals surface area contributed by atoms with Gasteiger partial charge in [-0.1, -0.05) is 0 Å². The lowest BCUT2D eigenvalue weighted by atomic mass is 10.2. The third kappa shape index (κ3) is 3.23. The number of nitriles is 1. The number of hydrogen-bond donors (Lipinski definition) is 1. The molecule has 0 saturated heterocycles. The molecule has 20 heavy (non-hydrogen) atoms. The largest absolute Gasteiger partial charge is 0.373 e. The van der Waals surface area contributed by atoms with Gasteiger partial charge < -0.3 is 10.2 Å². The zero-order valence-electron chi connectivity index (χ0n) is 11.9. The lowest BCUT2D eigenvalue weighted by molar-refractivity contribution is 0.830. The van der Waals surface area contributed by atoms with Crippen LogP contribution in [0.4, 0.5) is 11.5 Å². The molecule has 0 saturated carbocycles. The van der Waals surface area contributed by atoms with Gasteiger partial charge in [-0.25, -0.2) is 9.97 Å². The fourth-order valence-electron chi connectivity index (χ4n) is 1.92. The van der Waals surface area contributed by atoms with Gasteiger partial charge in [0.1, 0.15) is 11.6 Å². The maximum Gasteiger partial charge on any atom is 0.150 e. The van der Waals surface area contributed by atoms with E-state index in [-0.39, 0.29) is 0 Å². The first-order valence-electron chi connectivity index (χ1n) is 6.36. The second kappa shape index (κ2) is 6.02. The van der Waals surface area contributed by atoms with Crippen molar-refractivity contribution < 1.29 is 0 Å². The second-order valence-electron chi connectivity index (χ2n) is 4.58. The number of hydrogen-bond acceptors (Lipinski definition) is 5. The molecule has 0 amide bonds.